The van der Waals surface area contributed by atoms with E-state index in [1.54, 1.807) is 13.8 Å². The van der Waals surface area contributed by atoms with Gasteiger partial charge in [-0.25, -0.2) is 8.42 Å². The zero-order chi connectivity index (χ0) is 14.5. The highest BCUT2D eigenvalue weighted by molar-refractivity contribution is 7.90. The van der Waals surface area contributed by atoms with Crippen LogP contribution in [0.15, 0.2) is 4.52 Å². The van der Waals surface area contributed by atoms with E-state index in [-0.39, 0.29) is 23.8 Å². The first-order valence-electron chi connectivity index (χ1n) is 5.94. The molecule has 0 fully saturated rings. The molecule has 1 rings (SSSR count). The summed E-state index contributed by atoms with van der Waals surface area (Å²) in [5, 5.41) is 6.23. The molecule has 0 aliphatic heterocycles. The summed E-state index contributed by atoms with van der Waals surface area (Å²) in [6.45, 7) is 4.04. The average molecular weight is 289 g/mol. The molecule has 0 aliphatic carbocycles. The third kappa shape index (κ3) is 4.99. The Hall–Kier alpha value is -1.41. The van der Waals surface area contributed by atoms with Gasteiger partial charge in [-0.05, 0) is 13.8 Å². The highest BCUT2D eigenvalue weighted by atomic mass is 32.2. The van der Waals surface area contributed by atoms with Crippen molar-refractivity contribution in [3.63, 3.8) is 0 Å². The fourth-order valence-corrected chi connectivity index (χ4v) is 3.04. The lowest BCUT2D eigenvalue weighted by atomic mass is 10.2. The molecule has 0 bridgehead atoms. The summed E-state index contributed by atoms with van der Waals surface area (Å²) in [4.78, 5) is 11.3. The zero-order valence-electron chi connectivity index (χ0n) is 11.1. The van der Waals surface area contributed by atoms with Crippen molar-refractivity contribution < 1.29 is 17.7 Å². The largest absolute Gasteiger partial charge is 0.361 e. The molecule has 1 amide bonds. The Balaban J connectivity index is 2.56. The molecule has 0 saturated carbocycles. The van der Waals surface area contributed by atoms with Crippen molar-refractivity contribution in [2.45, 2.75) is 26.0 Å². The Morgan fingerprint density at radius 1 is 1.42 bits per heavy atom. The minimum atomic E-state index is -3.36. The van der Waals surface area contributed by atoms with Gasteiger partial charge in [0.25, 0.3) is 0 Å². The summed E-state index contributed by atoms with van der Waals surface area (Å²) in [7, 11) is -3.36. The molecule has 0 saturated heterocycles. The van der Waals surface area contributed by atoms with Crippen molar-refractivity contribution in [2.24, 2.45) is 5.73 Å². The maximum Gasteiger partial charge on any atom is 0.221 e. The number of amides is 1. The molecule has 108 valence electrons. The quantitative estimate of drug-likeness (QED) is 0.710. The van der Waals surface area contributed by atoms with Crippen LogP contribution in [0.1, 0.15) is 23.4 Å². The number of carbonyl (C=O) groups excluding carboxylic acids is 1. The SMILES string of the molecule is Cc1noc(C)c1CS(=O)(=O)CCC(=O)NCCN. The Labute approximate surface area is 112 Å². The van der Waals surface area contributed by atoms with E-state index in [0.717, 1.165) is 0 Å². The van der Waals surface area contributed by atoms with Crippen molar-refractivity contribution >= 4 is 15.7 Å². The Bertz CT molecular complexity index is 517. The molecule has 0 spiro atoms. The minimum absolute atomic E-state index is 0.0638. The number of hydrogen-bond donors (Lipinski definition) is 2. The molecule has 1 aromatic rings. The second kappa shape index (κ2) is 6.67. The summed E-state index contributed by atoms with van der Waals surface area (Å²) in [6, 6.07) is 0. The van der Waals surface area contributed by atoms with E-state index in [1.165, 1.54) is 0 Å². The molecule has 19 heavy (non-hydrogen) atoms. The van der Waals surface area contributed by atoms with E-state index < -0.39 is 9.84 Å². The number of nitrogens with zero attached hydrogens (tertiary/aromatic N) is 1. The molecule has 0 unspecified atom stereocenters. The van der Waals surface area contributed by atoms with Crippen molar-refractivity contribution in [3.05, 3.63) is 17.0 Å². The number of sulfone groups is 1. The molecule has 0 radical (unpaired) electrons. The normalized spacial score (nSPS) is 11.5. The zero-order valence-corrected chi connectivity index (χ0v) is 11.9. The van der Waals surface area contributed by atoms with Gasteiger partial charge in [0.15, 0.2) is 9.84 Å². The lowest BCUT2D eigenvalue weighted by molar-refractivity contribution is -0.120. The van der Waals surface area contributed by atoms with Gasteiger partial charge in [-0.1, -0.05) is 5.16 Å². The third-order valence-corrected chi connectivity index (χ3v) is 4.21. The molecular weight excluding hydrogens is 270 g/mol. The Morgan fingerprint density at radius 3 is 2.63 bits per heavy atom. The van der Waals surface area contributed by atoms with Gasteiger partial charge in [-0.15, -0.1) is 0 Å². The first-order chi connectivity index (χ1) is 8.85. The molecule has 8 heteroatoms. The lowest BCUT2D eigenvalue weighted by Crippen LogP contribution is -2.30. The van der Waals surface area contributed by atoms with Crippen LogP contribution >= 0.6 is 0 Å². The number of carbonyl (C=O) groups is 1. The van der Waals surface area contributed by atoms with E-state index in [9.17, 15) is 13.2 Å². The Morgan fingerprint density at radius 2 is 2.11 bits per heavy atom. The smallest absolute Gasteiger partial charge is 0.221 e. The predicted octanol–water partition coefficient (Wildman–Crippen LogP) is -0.329. The summed E-state index contributed by atoms with van der Waals surface area (Å²) in [5.41, 5.74) is 6.37. The van der Waals surface area contributed by atoms with Crippen molar-refractivity contribution in [1.29, 1.82) is 0 Å². The summed E-state index contributed by atoms with van der Waals surface area (Å²) >= 11 is 0. The van der Waals surface area contributed by atoms with Crippen LogP contribution in [0.4, 0.5) is 0 Å². The maximum absolute atomic E-state index is 11.9. The lowest BCUT2D eigenvalue weighted by Gasteiger charge is -2.05. The van der Waals surface area contributed by atoms with E-state index in [1.807, 2.05) is 0 Å². The van der Waals surface area contributed by atoms with Gasteiger partial charge in [0.1, 0.15) is 5.76 Å². The number of nitrogens with two attached hydrogens (primary N) is 1. The van der Waals surface area contributed by atoms with Crippen LogP contribution in [0.3, 0.4) is 0 Å². The van der Waals surface area contributed by atoms with E-state index in [2.05, 4.69) is 10.5 Å². The van der Waals surface area contributed by atoms with Crippen LogP contribution in [-0.2, 0) is 20.4 Å². The van der Waals surface area contributed by atoms with Gasteiger partial charge in [0.2, 0.25) is 5.91 Å². The van der Waals surface area contributed by atoms with Crippen molar-refractivity contribution in [2.75, 3.05) is 18.8 Å². The van der Waals surface area contributed by atoms with Gasteiger partial charge in [0.05, 0.1) is 17.2 Å². The predicted molar refractivity (Wildman–Crippen MR) is 70.1 cm³/mol. The maximum atomic E-state index is 11.9. The fraction of sp³-hybridized carbons (Fsp3) is 0.636. The highest BCUT2D eigenvalue weighted by Crippen LogP contribution is 2.16. The number of aromatic nitrogens is 1. The number of nitrogens with one attached hydrogen (secondary N) is 1. The van der Waals surface area contributed by atoms with Crippen molar-refractivity contribution in [3.8, 4) is 0 Å². The van der Waals surface area contributed by atoms with Gasteiger partial charge in [-0.3, -0.25) is 4.79 Å². The molecule has 1 heterocycles. The molecule has 7 nitrogen and oxygen atoms in total. The summed E-state index contributed by atoms with van der Waals surface area (Å²) in [5.74, 6) is -0.173. The molecular formula is C11H19N3O4S. The van der Waals surface area contributed by atoms with Crippen molar-refractivity contribution in [1.82, 2.24) is 10.5 Å². The Kier molecular flexibility index (Phi) is 5.49. The second-order valence-corrected chi connectivity index (χ2v) is 6.47. The first kappa shape index (κ1) is 15.6. The van der Waals surface area contributed by atoms with Crippen LogP contribution in [-0.4, -0.2) is 38.3 Å². The van der Waals surface area contributed by atoms with E-state index >= 15 is 0 Å². The standard InChI is InChI=1S/C11H19N3O4S/c1-8-10(9(2)18-14-8)7-19(16,17)6-3-11(15)13-5-4-12/h3-7,12H2,1-2H3,(H,13,15). The number of rotatable bonds is 7. The van der Waals surface area contributed by atoms with Gasteiger partial charge in [-0.2, -0.15) is 0 Å². The van der Waals surface area contributed by atoms with Gasteiger partial charge < -0.3 is 15.6 Å². The highest BCUT2D eigenvalue weighted by Gasteiger charge is 2.19. The van der Waals surface area contributed by atoms with Crippen LogP contribution in [0.2, 0.25) is 0 Å². The minimum Gasteiger partial charge on any atom is -0.361 e. The van der Waals surface area contributed by atoms with Gasteiger partial charge >= 0.3 is 0 Å². The van der Waals surface area contributed by atoms with E-state index in [0.29, 0.717) is 30.1 Å². The van der Waals surface area contributed by atoms with Crippen LogP contribution in [0.25, 0.3) is 0 Å². The monoisotopic (exact) mass is 289 g/mol. The number of aryl methyl sites for hydroxylation is 2. The topological polar surface area (TPSA) is 115 Å². The van der Waals surface area contributed by atoms with Crippen LogP contribution < -0.4 is 11.1 Å². The first-order valence-corrected chi connectivity index (χ1v) is 7.77. The van der Waals surface area contributed by atoms with E-state index in [4.69, 9.17) is 10.3 Å². The van der Waals surface area contributed by atoms with Gasteiger partial charge in [0, 0.05) is 25.1 Å². The molecule has 0 aliphatic rings. The molecule has 1 aromatic heterocycles. The number of hydrogen-bond acceptors (Lipinski definition) is 6. The third-order valence-electron chi connectivity index (χ3n) is 2.65. The molecule has 0 atom stereocenters. The van der Waals surface area contributed by atoms with Crippen LogP contribution in [0.5, 0.6) is 0 Å². The van der Waals surface area contributed by atoms with Crippen LogP contribution in [0, 0.1) is 13.8 Å². The average Bonchev–Trinajstić information content (AvgIpc) is 2.65. The fourth-order valence-electron chi connectivity index (χ4n) is 1.55. The molecule has 0 aromatic carbocycles. The second-order valence-electron chi connectivity index (χ2n) is 4.28. The summed E-state index contributed by atoms with van der Waals surface area (Å²) in [6.07, 6.45) is -0.0638. The summed E-state index contributed by atoms with van der Waals surface area (Å²) < 4.78 is 28.7. The molecule has 3 N–H and O–H groups in total.